The van der Waals surface area contributed by atoms with Crippen LogP contribution in [0.2, 0.25) is 5.02 Å². The van der Waals surface area contributed by atoms with Gasteiger partial charge in [0.05, 0.1) is 12.7 Å². The van der Waals surface area contributed by atoms with Crippen molar-refractivity contribution in [3.05, 3.63) is 52.5 Å². The summed E-state index contributed by atoms with van der Waals surface area (Å²) in [5, 5.41) is 22.1. The fourth-order valence-corrected chi connectivity index (χ4v) is 2.11. The van der Waals surface area contributed by atoms with Gasteiger partial charge >= 0.3 is 0 Å². The Labute approximate surface area is 126 Å². The summed E-state index contributed by atoms with van der Waals surface area (Å²) in [4.78, 5) is 12.0. The van der Waals surface area contributed by atoms with Crippen LogP contribution in [0.1, 0.15) is 15.9 Å². The third-order valence-electron chi connectivity index (χ3n) is 2.98. The van der Waals surface area contributed by atoms with Gasteiger partial charge in [0.15, 0.2) is 11.5 Å². The fourth-order valence-electron chi connectivity index (χ4n) is 1.88. The minimum absolute atomic E-state index is 0.0129. The highest BCUT2D eigenvalue weighted by atomic mass is 35.5. The topological polar surface area (TPSA) is 78.8 Å². The molecule has 0 aromatic heterocycles. The van der Waals surface area contributed by atoms with Crippen LogP contribution in [-0.4, -0.2) is 23.2 Å². The average Bonchev–Trinajstić information content (AvgIpc) is 2.48. The summed E-state index contributed by atoms with van der Waals surface area (Å²) in [6, 6.07) is 9.35. The maximum Gasteiger partial charge on any atom is 0.255 e. The number of phenols is 2. The second-order valence-electron chi connectivity index (χ2n) is 4.28. The molecule has 2 aromatic carbocycles. The summed E-state index contributed by atoms with van der Waals surface area (Å²) >= 11 is 6.07. The fraction of sp³-hybridized carbons (Fsp3) is 0.133. The SMILES string of the molecule is COc1cccc(Cl)c1CNC(=O)c1cccc(O)c1O. The molecule has 110 valence electrons. The first kappa shape index (κ1) is 15.0. The van der Waals surface area contributed by atoms with Crippen molar-refractivity contribution in [1.82, 2.24) is 5.32 Å². The van der Waals surface area contributed by atoms with Crippen molar-refractivity contribution >= 4 is 17.5 Å². The minimum Gasteiger partial charge on any atom is -0.504 e. The second kappa shape index (κ2) is 6.37. The van der Waals surface area contributed by atoms with Gasteiger partial charge in [-0.2, -0.15) is 0 Å². The van der Waals surface area contributed by atoms with Crippen LogP contribution in [0.5, 0.6) is 17.2 Å². The van der Waals surface area contributed by atoms with Crippen LogP contribution in [0.4, 0.5) is 0 Å². The monoisotopic (exact) mass is 307 g/mol. The smallest absolute Gasteiger partial charge is 0.255 e. The van der Waals surface area contributed by atoms with E-state index in [0.717, 1.165) is 0 Å². The van der Waals surface area contributed by atoms with Gasteiger partial charge in [-0.15, -0.1) is 0 Å². The molecule has 0 spiro atoms. The first-order valence-corrected chi connectivity index (χ1v) is 6.53. The number of aromatic hydroxyl groups is 2. The van der Waals surface area contributed by atoms with Crippen LogP contribution in [0.25, 0.3) is 0 Å². The second-order valence-corrected chi connectivity index (χ2v) is 4.68. The zero-order chi connectivity index (χ0) is 15.4. The number of para-hydroxylation sites is 1. The van der Waals surface area contributed by atoms with Crippen molar-refractivity contribution < 1.29 is 19.7 Å². The Morgan fingerprint density at radius 3 is 2.67 bits per heavy atom. The largest absolute Gasteiger partial charge is 0.504 e. The zero-order valence-electron chi connectivity index (χ0n) is 11.3. The van der Waals surface area contributed by atoms with Crippen LogP contribution in [0.15, 0.2) is 36.4 Å². The molecule has 0 aliphatic heterocycles. The number of rotatable bonds is 4. The number of hydrogen-bond donors (Lipinski definition) is 3. The Bertz CT molecular complexity index is 673. The number of hydrogen-bond acceptors (Lipinski definition) is 4. The number of amides is 1. The first-order valence-electron chi connectivity index (χ1n) is 6.15. The number of benzene rings is 2. The van der Waals surface area contributed by atoms with E-state index in [1.807, 2.05) is 0 Å². The lowest BCUT2D eigenvalue weighted by atomic mass is 10.1. The third kappa shape index (κ3) is 3.20. The molecule has 0 saturated heterocycles. The van der Waals surface area contributed by atoms with Gasteiger partial charge in [-0.3, -0.25) is 4.79 Å². The van der Waals surface area contributed by atoms with Crippen LogP contribution >= 0.6 is 11.6 Å². The molecule has 0 bridgehead atoms. The standard InChI is InChI=1S/C15H14ClNO4/c1-21-13-7-3-5-11(16)10(13)8-17-15(20)9-4-2-6-12(18)14(9)19/h2-7,18-19H,8H2,1H3,(H,17,20). The van der Waals surface area contributed by atoms with E-state index in [0.29, 0.717) is 16.3 Å². The first-order chi connectivity index (χ1) is 10.0. The molecule has 0 atom stereocenters. The lowest BCUT2D eigenvalue weighted by Crippen LogP contribution is -2.23. The molecule has 0 aliphatic carbocycles. The van der Waals surface area contributed by atoms with Gasteiger partial charge in [0, 0.05) is 17.1 Å². The van der Waals surface area contributed by atoms with Crippen molar-refractivity contribution in [2.24, 2.45) is 0 Å². The van der Waals surface area contributed by atoms with E-state index in [-0.39, 0.29) is 17.9 Å². The van der Waals surface area contributed by atoms with Crippen molar-refractivity contribution in [2.75, 3.05) is 7.11 Å². The Kier molecular flexibility index (Phi) is 4.55. The molecule has 0 unspecified atom stereocenters. The predicted molar refractivity (Wildman–Crippen MR) is 78.9 cm³/mol. The molecule has 1 amide bonds. The number of phenolic OH excluding ortho intramolecular Hbond substituents is 2. The van der Waals surface area contributed by atoms with Crippen molar-refractivity contribution in [2.45, 2.75) is 6.54 Å². The predicted octanol–water partition coefficient (Wildman–Crippen LogP) is 2.69. The van der Waals surface area contributed by atoms with Crippen LogP contribution < -0.4 is 10.1 Å². The number of ether oxygens (including phenoxy) is 1. The van der Waals surface area contributed by atoms with E-state index in [1.165, 1.54) is 25.3 Å². The van der Waals surface area contributed by atoms with Crippen LogP contribution in [0.3, 0.4) is 0 Å². The van der Waals surface area contributed by atoms with Gasteiger partial charge in [-0.05, 0) is 24.3 Å². The lowest BCUT2D eigenvalue weighted by molar-refractivity contribution is 0.0947. The Morgan fingerprint density at radius 2 is 1.95 bits per heavy atom. The highest BCUT2D eigenvalue weighted by molar-refractivity contribution is 6.31. The molecule has 0 radical (unpaired) electrons. The Hall–Kier alpha value is -2.40. The summed E-state index contributed by atoms with van der Waals surface area (Å²) in [6.45, 7) is 0.136. The highest BCUT2D eigenvalue weighted by Gasteiger charge is 2.15. The van der Waals surface area contributed by atoms with Crippen LogP contribution in [0, 0.1) is 0 Å². The number of nitrogens with one attached hydrogen (secondary N) is 1. The molecule has 0 saturated carbocycles. The number of carbonyl (C=O) groups excluding carboxylic acids is 1. The van der Waals surface area contributed by atoms with Crippen LogP contribution in [-0.2, 0) is 6.54 Å². The molecule has 5 nitrogen and oxygen atoms in total. The van der Waals surface area contributed by atoms with Gasteiger partial charge in [-0.1, -0.05) is 23.7 Å². The van der Waals surface area contributed by atoms with E-state index >= 15 is 0 Å². The molecule has 6 heteroatoms. The van der Waals surface area contributed by atoms with E-state index in [4.69, 9.17) is 16.3 Å². The molecule has 2 aromatic rings. The molecule has 0 heterocycles. The molecule has 0 aliphatic rings. The van der Waals surface area contributed by atoms with E-state index in [1.54, 1.807) is 18.2 Å². The highest BCUT2D eigenvalue weighted by Crippen LogP contribution is 2.29. The van der Waals surface area contributed by atoms with E-state index in [2.05, 4.69) is 5.32 Å². The quantitative estimate of drug-likeness (QED) is 0.759. The van der Waals surface area contributed by atoms with Gasteiger partial charge in [0.1, 0.15) is 5.75 Å². The average molecular weight is 308 g/mol. The molecular weight excluding hydrogens is 294 g/mol. The van der Waals surface area contributed by atoms with Gasteiger partial charge < -0.3 is 20.3 Å². The van der Waals surface area contributed by atoms with Gasteiger partial charge in [-0.25, -0.2) is 0 Å². The number of methoxy groups -OCH3 is 1. The van der Waals surface area contributed by atoms with Crippen molar-refractivity contribution in [3.8, 4) is 17.2 Å². The lowest BCUT2D eigenvalue weighted by Gasteiger charge is -2.12. The zero-order valence-corrected chi connectivity index (χ0v) is 12.0. The molecule has 2 rings (SSSR count). The normalized spacial score (nSPS) is 10.2. The molecule has 3 N–H and O–H groups in total. The third-order valence-corrected chi connectivity index (χ3v) is 3.33. The van der Waals surface area contributed by atoms with E-state index in [9.17, 15) is 15.0 Å². The maximum atomic E-state index is 12.0. The molecule has 21 heavy (non-hydrogen) atoms. The Balaban J connectivity index is 2.17. The Morgan fingerprint density at radius 1 is 1.24 bits per heavy atom. The molecule has 0 fully saturated rings. The molecular formula is C15H14ClNO4. The summed E-state index contributed by atoms with van der Waals surface area (Å²) in [7, 11) is 1.51. The van der Waals surface area contributed by atoms with Gasteiger partial charge in [0.2, 0.25) is 0 Å². The number of carbonyl (C=O) groups is 1. The summed E-state index contributed by atoms with van der Waals surface area (Å²) in [5.41, 5.74) is 0.621. The van der Waals surface area contributed by atoms with Crippen molar-refractivity contribution in [1.29, 1.82) is 0 Å². The summed E-state index contributed by atoms with van der Waals surface area (Å²) in [6.07, 6.45) is 0. The minimum atomic E-state index is -0.523. The van der Waals surface area contributed by atoms with Crippen molar-refractivity contribution in [3.63, 3.8) is 0 Å². The number of halogens is 1. The summed E-state index contributed by atoms with van der Waals surface area (Å²) < 4.78 is 5.18. The maximum absolute atomic E-state index is 12.0. The van der Waals surface area contributed by atoms with E-state index < -0.39 is 11.7 Å². The van der Waals surface area contributed by atoms with Gasteiger partial charge in [0.25, 0.3) is 5.91 Å². The summed E-state index contributed by atoms with van der Waals surface area (Å²) in [5.74, 6) is -0.771.